The van der Waals surface area contributed by atoms with Crippen LogP contribution in [0.15, 0.2) is 43.1 Å². The Bertz CT molecular complexity index is 1240. The molecule has 0 saturated carbocycles. The Morgan fingerprint density at radius 2 is 1.94 bits per heavy atom. The van der Waals surface area contributed by atoms with Gasteiger partial charge in [-0.2, -0.15) is 0 Å². The van der Waals surface area contributed by atoms with Crippen LogP contribution >= 0.6 is 23.2 Å². The normalized spacial score (nSPS) is 17.5. The topological polar surface area (TPSA) is 95.4 Å². The Kier molecular flexibility index (Phi) is 7.64. The molecule has 0 aliphatic carbocycles. The molecular weight excluding hydrogens is 487 g/mol. The summed E-state index contributed by atoms with van der Waals surface area (Å²) in [5.41, 5.74) is 2.21. The lowest BCUT2D eigenvalue weighted by molar-refractivity contribution is 0.378. The minimum absolute atomic E-state index is 0.118. The van der Waals surface area contributed by atoms with Crippen LogP contribution in [-0.2, 0) is 0 Å². The summed E-state index contributed by atoms with van der Waals surface area (Å²) in [5.74, 6) is 1.92. The third kappa shape index (κ3) is 5.00. The Morgan fingerprint density at radius 3 is 2.57 bits per heavy atom. The summed E-state index contributed by atoms with van der Waals surface area (Å²) in [6, 6.07) is 7.76. The molecule has 0 amide bonds. The lowest BCUT2D eigenvalue weighted by Gasteiger charge is -2.24. The second-order valence-corrected chi connectivity index (χ2v) is 9.04. The molecule has 1 fully saturated rings. The van der Waals surface area contributed by atoms with E-state index in [0.717, 1.165) is 29.4 Å². The van der Waals surface area contributed by atoms with Gasteiger partial charge in [-0.25, -0.2) is 9.97 Å². The van der Waals surface area contributed by atoms with Gasteiger partial charge in [0, 0.05) is 48.4 Å². The highest BCUT2D eigenvalue weighted by atomic mass is 35.5. The zero-order chi connectivity index (χ0) is 25.1. The van der Waals surface area contributed by atoms with Crippen molar-refractivity contribution < 1.29 is 9.47 Å². The zero-order valence-corrected chi connectivity index (χ0v) is 21.4. The number of rotatable bonds is 8. The van der Waals surface area contributed by atoms with Gasteiger partial charge in [0.1, 0.15) is 17.3 Å². The molecule has 0 radical (unpaired) electrons. The molecule has 3 aromatic rings. The van der Waals surface area contributed by atoms with Crippen LogP contribution in [0.4, 0.5) is 5.95 Å². The van der Waals surface area contributed by atoms with Gasteiger partial charge in [-0.05, 0) is 37.2 Å². The average Bonchev–Trinajstić information content (AvgIpc) is 3.26. The first-order valence-corrected chi connectivity index (χ1v) is 11.9. The number of amidine groups is 1. The highest BCUT2D eigenvalue weighted by Crippen LogP contribution is 2.46. The molecule has 184 valence electrons. The third-order valence-corrected chi connectivity index (χ3v) is 6.88. The Hall–Kier alpha value is -3.07. The van der Waals surface area contributed by atoms with E-state index in [-0.39, 0.29) is 12.1 Å². The number of fused-ring (bicyclic) bond motifs is 1. The average molecular weight is 515 g/mol. The number of nitrogens with one attached hydrogen (secondary N) is 3. The molecule has 2 atom stereocenters. The summed E-state index contributed by atoms with van der Waals surface area (Å²) in [7, 11) is 5.01. The molecular formula is C25H28Cl2N6O2. The first kappa shape index (κ1) is 25.0. The molecule has 1 aliphatic heterocycles. The van der Waals surface area contributed by atoms with Crippen molar-refractivity contribution in [3.63, 3.8) is 0 Å². The number of aromatic nitrogens is 2. The third-order valence-electron chi connectivity index (χ3n) is 6.13. The van der Waals surface area contributed by atoms with E-state index < -0.39 is 0 Å². The van der Waals surface area contributed by atoms with Crippen molar-refractivity contribution in [3.8, 4) is 22.6 Å². The van der Waals surface area contributed by atoms with Crippen molar-refractivity contribution >= 4 is 45.9 Å². The summed E-state index contributed by atoms with van der Waals surface area (Å²) in [4.78, 5) is 11.3. The number of nitrogens with zero attached hydrogens (tertiary/aromatic N) is 3. The van der Waals surface area contributed by atoms with Gasteiger partial charge < -0.3 is 25.0 Å². The monoisotopic (exact) mass is 514 g/mol. The standard InChI is InChI=1S/C25H28Cl2N6O2/c1-5-21(28)33-13-16(9-17(33)12-29-2)31-25-30-11-15-8-14(6-7-18(15)32-25)22-23(26)19(34-3)10-20(35-4)24(22)27/h5-8,10-11,16-17,28-29H,1,9,12-13H2,2-4H3,(H,30,31,32)/t16-,17-/m0/s1. The highest BCUT2D eigenvalue weighted by molar-refractivity contribution is 6.41. The van der Waals surface area contributed by atoms with E-state index in [2.05, 4.69) is 22.2 Å². The van der Waals surface area contributed by atoms with E-state index in [1.165, 1.54) is 0 Å². The van der Waals surface area contributed by atoms with E-state index >= 15 is 0 Å². The molecule has 0 bridgehead atoms. The molecule has 1 saturated heterocycles. The summed E-state index contributed by atoms with van der Waals surface area (Å²) in [5, 5.41) is 16.5. The first-order chi connectivity index (χ1) is 16.9. The van der Waals surface area contributed by atoms with Crippen molar-refractivity contribution in [3.05, 3.63) is 53.2 Å². The fraction of sp³-hybridized carbons (Fsp3) is 0.320. The SMILES string of the molecule is C=CC(=N)N1C[C@@H](Nc2ncc3cc(-c4c(Cl)c(OC)cc(OC)c4Cl)ccc3n2)C[C@H]1CNC. The lowest BCUT2D eigenvalue weighted by Crippen LogP contribution is -2.39. The van der Waals surface area contributed by atoms with E-state index in [1.807, 2.05) is 30.1 Å². The molecule has 4 rings (SSSR count). The number of halogens is 2. The van der Waals surface area contributed by atoms with Crippen LogP contribution in [-0.4, -0.2) is 67.1 Å². The number of hydrogen-bond acceptors (Lipinski definition) is 7. The largest absolute Gasteiger partial charge is 0.495 e. The van der Waals surface area contributed by atoms with Crippen LogP contribution in [0.25, 0.3) is 22.0 Å². The van der Waals surface area contributed by atoms with Gasteiger partial charge in [0.15, 0.2) is 0 Å². The van der Waals surface area contributed by atoms with E-state index in [1.54, 1.807) is 32.6 Å². The maximum absolute atomic E-state index is 8.18. The summed E-state index contributed by atoms with van der Waals surface area (Å²) in [6.07, 6.45) is 4.22. The Labute approximate surface area is 214 Å². The number of benzene rings is 2. The second kappa shape index (κ2) is 10.7. The summed E-state index contributed by atoms with van der Waals surface area (Å²) < 4.78 is 10.8. The fourth-order valence-corrected chi connectivity index (χ4v) is 5.16. The van der Waals surface area contributed by atoms with Crippen LogP contribution < -0.4 is 20.1 Å². The zero-order valence-electron chi connectivity index (χ0n) is 19.9. The van der Waals surface area contributed by atoms with Gasteiger partial charge >= 0.3 is 0 Å². The second-order valence-electron chi connectivity index (χ2n) is 8.28. The maximum atomic E-state index is 8.18. The fourth-order valence-electron chi connectivity index (χ4n) is 4.44. The van der Waals surface area contributed by atoms with Crippen molar-refractivity contribution in [2.24, 2.45) is 0 Å². The number of anilines is 1. The van der Waals surface area contributed by atoms with Crippen LogP contribution in [0.2, 0.25) is 10.0 Å². The van der Waals surface area contributed by atoms with Crippen LogP contribution in [0.5, 0.6) is 11.5 Å². The van der Waals surface area contributed by atoms with Crippen molar-refractivity contribution in [2.45, 2.75) is 18.5 Å². The van der Waals surface area contributed by atoms with Crippen molar-refractivity contribution in [2.75, 3.05) is 39.7 Å². The van der Waals surface area contributed by atoms with Crippen molar-refractivity contribution in [1.82, 2.24) is 20.2 Å². The number of ether oxygens (including phenoxy) is 2. The minimum atomic E-state index is 0.118. The van der Waals surface area contributed by atoms with Gasteiger partial charge in [-0.1, -0.05) is 35.8 Å². The molecule has 10 heteroatoms. The highest BCUT2D eigenvalue weighted by Gasteiger charge is 2.32. The molecule has 0 spiro atoms. The number of likely N-dealkylation sites (N-methyl/N-ethyl adjacent to an activating group) is 1. The van der Waals surface area contributed by atoms with Gasteiger partial charge in [-0.3, -0.25) is 5.41 Å². The minimum Gasteiger partial charge on any atom is -0.495 e. The maximum Gasteiger partial charge on any atom is 0.223 e. The van der Waals surface area contributed by atoms with Crippen molar-refractivity contribution in [1.29, 1.82) is 5.41 Å². The van der Waals surface area contributed by atoms with E-state index in [4.69, 9.17) is 43.1 Å². The smallest absolute Gasteiger partial charge is 0.223 e. The molecule has 0 unspecified atom stereocenters. The number of hydrogen-bond donors (Lipinski definition) is 3. The molecule has 2 aromatic carbocycles. The molecule has 1 aromatic heterocycles. The van der Waals surface area contributed by atoms with E-state index in [0.29, 0.717) is 45.4 Å². The summed E-state index contributed by atoms with van der Waals surface area (Å²) in [6.45, 7) is 5.21. The van der Waals surface area contributed by atoms with Crippen LogP contribution in [0, 0.1) is 5.41 Å². The molecule has 3 N–H and O–H groups in total. The van der Waals surface area contributed by atoms with Crippen LogP contribution in [0.3, 0.4) is 0 Å². The lowest BCUT2D eigenvalue weighted by atomic mass is 10.0. The van der Waals surface area contributed by atoms with Gasteiger partial charge in [0.2, 0.25) is 5.95 Å². The predicted octanol–water partition coefficient (Wildman–Crippen LogP) is 4.86. The predicted molar refractivity (Wildman–Crippen MR) is 142 cm³/mol. The van der Waals surface area contributed by atoms with Gasteiger partial charge in [-0.15, -0.1) is 0 Å². The molecule has 35 heavy (non-hydrogen) atoms. The van der Waals surface area contributed by atoms with E-state index in [9.17, 15) is 0 Å². The first-order valence-electron chi connectivity index (χ1n) is 11.2. The number of methoxy groups -OCH3 is 2. The Balaban J connectivity index is 1.60. The van der Waals surface area contributed by atoms with Gasteiger partial charge in [0.25, 0.3) is 0 Å². The summed E-state index contributed by atoms with van der Waals surface area (Å²) >= 11 is 13.2. The van der Waals surface area contributed by atoms with Gasteiger partial charge in [0.05, 0.1) is 29.8 Å². The quantitative estimate of drug-likeness (QED) is 0.291. The molecule has 8 nitrogen and oxygen atoms in total. The number of likely N-dealkylation sites (tertiary alicyclic amines) is 1. The van der Waals surface area contributed by atoms with Crippen LogP contribution in [0.1, 0.15) is 6.42 Å². The molecule has 2 heterocycles. The Morgan fingerprint density at radius 1 is 1.23 bits per heavy atom. The molecule has 1 aliphatic rings.